The Balaban J connectivity index is 2.23. The first-order valence-electron chi connectivity index (χ1n) is 5.40. The molecule has 2 heteroatoms. The second kappa shape index (κ2) is 2.48. The molecule has 2 nitrogen and oxygen atoms in total. The molecule has 3 N–H and O–H groups in total. The van der Waals surface area contributed by atoms with Gasteiger partial charge in [0.15, 0.2) is 0 Å². The van der Waals surface area contributed by atoms with Crippen molar-refractivity contribution in [2.75, 3.05) is 6.54 Å². The first kappa shape index (κ1) is 9.47. The smallest absolute Gasteiger partial charge is 0.0721 e. The molecular formula is C11H21NO. The van der Waals surface area contributed by atoms with E-state index in [0.717, 1.165) is 19.3 Å². The summed E-state index contributed by atoms with van der Waals surface area (Å²) < 4.78 is 0. The first-order valence-corrected chi connectivity index (χ1v) is 5.40. The zero-order valence-corrected chi connectivity index (χ0v) is 8.77. The van der Waals surface area contributed by atoms with E-state index in [-0.39, 0.29) is 10.8 Å². The van der Waals surface area contributed by atoms with E-state index in [4.69, 9.17) is 5.73 Å². The third-order valence-corrected chi connectivity index (χ3v) is 4.58. The second-order valence-corrected chi connectivity index (χ2v) is 5.59. The van der Waals surface area contributed by atoms with E-state index in [0.29, 0.717) is 6.54 Å². The summed E-state index contributed by atoms with van der Waals surface area (Å²) in [5, 5.41) is 10.5. The normalized spacial score (nSPS) is 40.6. The van der Waals surface area contributed by atoms with Crippen LogP contribution in [-0.2, 0) is 0 Å². The number of hydrogen-bond acceptors (Lipinski definition) is 2. The predicted molar refractivity (Wildman–Crippen MR) is 53.3 cm³/mol. The Hall–Kier alpha value is -0.0800. The fourth-order valence-electron chi connectivity index (χ4n) is 3.48. The summed E-state index contributed by atoms with van der Waals surface area (Å²) in [5.74, 6) is 0. The largest absolute Gasteiger partial charge is 0.389 e. The Kier molecular flexibility index (Phi) is 1.81. The molecular weight excluding hydrogens is 162 g/mol. The van der Waals surface area contributed by atoms with Gasteiger partial charge < -0.3 is 10.8 Å². The summed E-state index contributed by atoms with van der Waals surface area (Å²) in [7, 11) is 0. The van der Waals surface area contributed by atoms with Crippen molar-refractivity contribution in [2.45, 2.75) is 51.6 Å². The van der Waals surface area contributed by atoms with Crippen molar-refractivity contribution < 1.29 is 5.11 Å². The van der Waals surface area contributed by atoms with Crippen LogP contribution in [0.4, 0.5) is 0 Å². The van der Waals surface area contributed by atoms with E-state index in [2.05, 4.69) is 13.8 Å². The highest BCUT2D eigenvalue weighted by Crippen LogP contribution is 2.70. The van der Waals surface area contributed by atoms with Crippen LogP contribution < -0.4 is 5.73 Å². The Labute approximate surface area is 80.5 Å². The molecule has 0 spiro atoms. The highest BCUT2D eigenvalue weighted by molar-refractivity contribution is 5.20. The molecule has 2 aliphatic carbocycles. The van der Waals surface area contributed by atoms with Crippen LogP contribution in [0.2, 0.25) is 0 Å². The summed E-state index contributed by atoms with van der Waals surface area (Å²) in [6.07, 6.45) is 5.39. The van der Waals surface area contributed by atoms with E-state index in [1.165, 1.54) is 12.8 Å². The summed E-state index contributed by atoms with van der Waals surface area (Å²) in [6, 6.07) is 0. The van der Waals surface area contributed by atoms with Gasteiger partial charge in [-0.15, -0.1) is 0 Å². The predicted octanol–water partition coefficient (Wildman–Crippen LogP) is 1.67. The molecule has 0 bridgehead atoms. The highest BCUT2D eigenvalue weighted by atomic mass is 16.3. The van der Waals surface area contributed by atoms with E-state index in [9.17, 15) is 5.11 Å². The van der Waals surface area contributed by atoms with Gasteiger partial charge in [-0.3, -0.25) is 0 Å². The summed E-state index contributed by atoms with van der Waals surface area (Å²) >= 11 is 0. The van der Waals surface area contributed by atoms with Crippen LogP contribution in [-0.4, -0.2) is 17.3 Å². The van der Waals surface area contributed by atoms with Crippen LogP contribution in [0.25, 0.3) is 0 Å². The molecule has 0 heterocycles. The van der Waals surface area contributed by atoms with Crippen molar-refractivity contribution in [3.8, 4) is 0 Å². The van der Waals surface area contributed by atoms with Crippen LogP contribution in [0.1, 0.15) is 46.0 Å². The number of hydrogen-bond donors (Lipinski definition) is 2. The summed E-state index contributed by atoms with van der Waals surface area (Å²) in [4.78, 5) is 0. The maximum Gasteiger partial charge on any atom is 0.0721 e. The molecule has 13 heavy (non-hydrogen) atoms. The molecule has 0 aliphatic heterocycles. The van der Waals surface area contributed by atoms with Crippen LogP contribution >= 0.6 is 0 Å². The van der Waals surface area contributed by atoms with Crippen LogP contribution in [0.15, 0.2) is 0 Å². The van der Waals surface area contributed by atoms with E-state index >= 15 is 0 Å². The topological polar surface area (TPSA) is 46.2 Å². The van der Waals surface area contributed by atoms with Gasteiger partial charge in [-0.25, -0.2) is 0 Å². The Morgan fingerprint density at radius 3 is 2.00 bits per heavy atom. The maximum absolute atomic E-state index is 10.5. The fraction of sp³-hybridized carbons (Fsp3) is 1.00. The Morgan fingerprint density at radius 1 is 1.23 bits per heavy atom. The highest BCUT2D eigenvalue weighted by Gasteiger charge is 2.70. The van der Waals surface area contributed by atoms with Crippen molar-refractivity contribution in [1.29, 1.82) is 0 Å². The molecule has 1 atom stereocenters. The lowest BCUT2D eigenvalue weighted by Gasteiger charge is -2.35. The molecule has 0 radical (unpaired) electrons. The second-order valence-electron chi connectivity index (χ2n) is 5.59. The lowest BCUT2D eigenvalue weighted by Crippen LogP contribution is -2.44. The molecule has 0 saturated heterocycles. The van der Waals surface area contributed by atoms with Gasteiger partial charge in [-0.05, 0) is 24.7 Å². The molecule has 2 aliphatic rings. The zero-order chi connectivity index (χ0) is 9.74. The van der Waals surface area contributed by atoms with Crippen molar-refractivity contribution in [3.63, 3.8) is 0 Å². The van der Waals surface area contributed by atoms with Crippen LogP contribution in [0.5, 0.6) is 0 Å². The molecule has 2 fully saturated rings. The third-order valence-electron chi connectivity index (χ3n) is 4.58. The lowest BCUT2D eigenvalue weighted by molar-refractivity contribution is -0.0389. The molecule has 76 valence electrons. The Morgan fingerprint density at radius 2 is 1.69 bits per heavy atom. The molecule has 1 unspecified atom stereocenters. The van der Waals surface area contributed by atoms with Crippen molar-refractivity contribution in [1.82, 2.24) is 0 Å². The minimum Gasteiger partial charge on any atom is -0.389 e. The molecule has 2 saturated carbocycles. The van der Waals surface area contributed by atoms with Crippen LogP contribution in [0, 0.1) is 10.8 Å². The SMILES string of the molecule is CC1(C)CC1(CN)C1(O)CCCC1. The van der Waals surface area contributed by atoms with E-state index in [1.54, 1.807) is 0 Å². The lowest BCUT2D eigenvalue weighted by atomic mass is 9.77. The quantitative estimate of drug-likeness (QED) is 0.684. The number of rotatable bonds is 2. The van der Waals surface area contributed by atoms with Crippen molar-refractivity contribution >= 4 is 0 Å². The average molecular weight is 183 g/mol. The van der Waals surface area contributed by atoms with Crippen molar-refractivity contribution in [3.05, 3.63) is 0 Å². The fourth-order valence-corrected chi connectivity index (χ4v) is 3.48. The molecule has 0 aromatic heterocycles. The molecule has 0 amide bonds. The first-order chi connectivity index (χ1) is 5.97. The number of aliphatic hydroxyl groups is 1. The van der Waals surface area contributed by atoms with Gasteiger partial charge >= 0.3 is 0 Å². The average Bonchev–Trinajstić information content (AvgIpc) is 2.44. The minimum absolute atomic E-state index is 0.0382. The van der Waals surface area contributed by atoms with E-state index in [1.807, 2.05) is 0 Å². The minimum atomic E-state index is -0.439. The monoisotopic (exact) mass is 183 g/mol. The Bertz CT molecular complexity index is 218. The maximum atomic E-state index is 10.5. The summed E-state index contributed by atoms with van der Waals surface area (Å²) in [6.45, 7) is 5.11. The third kappa shape index (κ3) is 1.02. The van der Waals surface area contributed by atoms with Gasteiger partial charge in [0.2, 0.25) is 0 Å². The van der Waals surface area contributed by atoms with Gasteiger partial charge in [-0.2, -0.15) is 0 Å². The van der Waals surface area contributed by atoms with E-state index < -0.39 is 5.60 Å². The molecule has 2 rings (SSSR count). The van der Waals surface area contributed by atoms with Crippen LogP contribution in [0.3, 0.4) is 0 Å². The van der Waals surface area contributed by atoms with Gasteiger partial charge in [0.25, 0.3) is 0 Å². The van der Waals surface area contributed by atoms with Gasteiger partial charge in [-0.1, -0.05) is 26.7 Å². The molecule has 0 aromatic carbocycles. The van der Waals surface area contributed by atoms with Gasteiger partial charge in [0.05, 0.1) is 5.60 Å². The zero-order valence-electron chi connectivity index (χ0n) is 8.77. The molecule has 0 aromatic rings. The van der Waals surface area contributed by atoms with Gasteiger partial charge in [0.1, 0.15) is 0 Å². The number of nitrogens with two attached hydrogens (primary N) is 1. The summed E-state index contributed by atoms with van der Waals surface area (Å²) in [5.41, 5.74) is 5.71. The standard InChI is InChI=1S/C11H21NO/c1-9(2)7-10(9,8-12)11(13)5-3-4-6-11/h13H,3-8,12H2,1-2H3. The van der Waals surface area contributed by atoms with Gasteiger partial charge in [0, 0.05) is 12.0 Å². The van der Waals surface area contributed by atoms with Crippen molar-refractivity contribution in [2.24, 2.45) is 16.6 Å².